The van der Waals surface area contributed by atoms with E-state index in [1.165, 1.54) is 10.9 Å². The molecule has 1 aromatic rings. The number of nitrogens with zero attached hydrogens (tertiary/aromatic N) is 2. The molecule has 1 amide bonds. The number of hydrogen-bond acceptors (Lipinski definition) is 4. The summed E-state index contributed by atoms with van der Waals surface area (Å²) in [6.45, 7) is 3.78. The van der Waals surface area contributed by atoms with Gasteiger partial charge in [0, 0.05) is 18.8 Å². The van der Waals surface area contributed by atoms with Gasteiger partial charge >= 0.3 is 5.97 Å². The molecule has 1 unspecified atom stereocenters. The lowest BCUT2D eigenvalue weighted by atomic mass is 10.0. The molecule has 0 aromatic carbocycles. The second-order valence-electron chi connectivity index (χ2n) is 4.95. The summed E-state index contributed by atoms with van der Waals surface area (Å²) in [6.07, 6.45) is 3.48. The van der Waals surface area contributed by atoms with E-state index in [0.29, 0.717) is 12.0 Å². The first-order valence-corrected chi connectivity index (χ1v) is 6.08. The Kier molecular flexibility index (Phi) is 5.05. The van der Waals surface area contributed by atoms with Crippen molar-refractivity contribution in [3.8, 4) is 0 Å². The van der Waals surface area contributed by atoms with Crippen molar-refractivity contribution in [2.75, 3.05) is 0 Å². The predicted molar refractivity (Wildman–Crippen MR) is 69.2 cm³/mol. The number of aliphatic carboxylic acids is 1. The van der Waals surface area contributed by atoms with Crippen LogP contribution in [0.2, 0.25) is 0 Å². The third kappa shape index (κ3) is 4.36. The van der Waals surface area contributed by atoms with Gasteiger partial charge in [-0.1, -0.05) is 13.8 Å². The summed E-state index contributed by atoms with van der Waals surface area (Å²) in [5, 5.41) is 15.4. The minimum atomic E-state index is -1.06. The molecule has 0 saturated heterocycles. The molecule has 0 aliphatic carbocycles. The summed E-state index contributed by atoms with van der Waals surface area (Å²) in [7, 11) is 1.72. The lowest BCUT2D eigenvalue weighted by molar-refractivity contribution is -0.142. The number of aromatic nitrogens is 2. The van der Waals surface area contributed by atoms with E-state index in [4.69, 9.17) is 10.8 Å². The second kappa shape index (κ2) is 6.33. The van der Waals surface area contributed by atoms with E-state index in [-0.39, 0.29) is 5.92 Å². The number of nitrogens with two attached hydrogens (primary N) is 1. The van der Waals surface area contributed by atoms with Gasteiger partial charge in [-0.05, 0) is 12.3 Å². The fourth-order valence-corrected chi connectivity index (χ4v) is 1.71. The molecule has 0 aliphatic heterocycles. The van der Waals surface area contributed by atoms with E-state index >= 15 is 0 Å². The fourth-order valence-electron chi connectivity index (χ4n) is 1.71. The van der Waals surface area contributed by atoms with Gasteiger partial charge in [0.05, 0.1) is 6.20 Å². The van der Waals surface area contributed by atoms with E-state index in [2.05, 4.69) is 10.4 Å². The molecular formula is C12H20N4O3. The predicted octanol–water partition coefficient (Wildman–Crippen LogP) is 0.0354. The first kappa shape index (κ1) is 15.2. The number of rotatable bonds is 6. The minimum absolute atomic E-state index is 0.163. The van der Waals surface area contributed by atoms with E-state index in [1.54, 1.807) is 13.2 Å². The highest BCUT2D eigenvalue weighted by Crippen LogP contribution is 2.11. The Balaban J connectivity index is 2.68. The van der Waals surface area contributed by atoms with Crippen LogP contribution in [0.25, 0.3) is 0 Å². The number of aryl methyl sites for hydroxylation is 1. The molecule has 7 nitrogen and oxygen atoms in total. The molecule has 2 atom stereocenters. The van der Waals surface area contributed by atoms with Crippen molar-refractivity contribution in [1.29, 1.82) is 0 Å². The molecule has 0 bridgehead atoms. The zero-order valence-electron chi connectivity index (χ0n) is 11.3. The van der Waals surface area contributed by atoms with Crippen LogP contribution in [0.4, 0.5) is 0 Å². The average molecular weight is 268 g/mol. The number of carboxylic acid groups (broad SMARTS) is 1. The number of carbonyl (C=O) groups is 2. The third-order valence-electron chi connectivity index (χ3n) is 2.69. The van der Waals surface area contributed by atoms with Gasteiger partial charge in [-0.25, -0.2) is 4.79 Å². The largest absolute Gasteiger partial charge is 0.480 e. The van der Waals surface area contributed by atoms with Crippen LogP contribution in [-0.4, -0.2) is 32.8 Å². The average Bonchev–Trinajstić information content (AvgIpc) is 2.73. The molecule has 0 radical (unpaired) electrons. The van der Waals surface area contributed by atoms with Gasteiger partial charge < -0.3 is 16.2 Å². The topological polar surface area (TPSA) is 110 Å². The standard InChI is InChI=1S/C12H20N4O3/c1-7(2)4-9(12(18)19)15-11(17)10(13)8-5-14-16(3)6-8/h5-7,9-10H,4,13H2,1-3H3,(H,15,17)(H,18,19)/t9-,10?/m1/s1. The molecular weight excluding hydrogens is 248 g/mol. The monoisotopic (exact) mass is 268 g/mol. The van der Waals surface area contributed by atoms with Crippen molar-refractivity contribution >= 4 is 11.9 Å². The van der Waals surface area contributed by atoms with E-state index in [9.17, 15) is 9.59 Å². The Labute approximate surface area is 111 Å². The summed E-state index contributed by atoms with van der Waals surface area (Å²) in [5.74, 6) is -1.41. The van der Waals surface area contributed by atoms with Gasteiger partial charge in [0.1, 0.15) is 12.1 Å². The first-order valence-electron chi connectivity index (χ1n) is 6.08. The number of amides is 1. The normalized spacial score (nSPS) is 14.2. The van der Waals surface area contributed by atoms with Gasteiger partial charge in [-0.3, -0.25) is 9.48 Å². The first-order chi connectivity index (χ1) is 8.81. The maximum absolute atomic E-state index is 11.9. The van der Waals surface area contributed by atoms with Crippen molar-refractivity contribution in [1.82, 2.24) is 15.1 Å². The zero-order valence-corrected chi connectivity index (χ0v) is 11.3. The Morgan fingerprint density at radius 2 is 2.16 bits per heavy atom. The molecule has 4 N–H and O–H groups in total. The molecule has 0 aliphatic rings. The van der Waals surface area contributed by atoms with Crippen LogP contribution in [0, 0.1) is 5.92 Å². The van der Waals surface area contributed by atoms with Crippen molar-refractivity contribution in [2.24, 2.45) is 18.7 Å². The van der Waals surface area contributed by atoms with E-state index in [1.807, 2.05) is 13.8 Å². The number of carbonyl (C=O) groups excluding carboxylic acids is 1. The van der Waals surface area contributed by atoms with Crippen molar-refractivity contribution in [3.63, 3.8) is 0 Å². The molecule has 19 heavy (non-hydrogen) atoms. The highest BCUT2D eigenvalue weighted by molar-refractivity contribution is 5.87. The molecule has 7 heteroatoms. The summed E-state index contributed by atoms with van der Waals surface area (Å²) in [5.41, 5.74) is 6.32. The van der Waals surface area contributed by atoms with Crippen LogP contribution in [0.5, 0.6) is 0 Å². The minimum Gasteiger partial charge on any atom is -0.480 e. The Morgan fingerprint density at radius 3 is 2.58 bits per heavy atom. The van der Waals surface area contributed by atoms with Crippen LogP contribution in [0.3, 0.4) is 0 Å². The molecule has 1 aromatic heterocycles. The maximum atomic E-state index is 11.9. The Morgan fingerprint density at radius 1 is 1.53 bits per heavy atom. The van der Waals surface area contributed by atoms with E-state index < -0.39 is 24.0 Å². The van der Waals surface area contributed by atoms with Crippen molar-refractivity contribution < 1.29 is 14.7 Å². The van der Waals surface area contributed by atoms with Gasteiger partial charge in [0.15, 0.2) is 0 Å². The third-order valence-corrected chi connectivity index (χ3v) is 2.69. The van der Waals surface area contributed by atoms with Crippen LogP contribution < -0.4 is 11.1 Å². The van der Waals surface area contributed by atoms with Gasteiger partial charge in [0.2, 0.25) is 5.91 Å². The molecule has 1 heterocycles. The van der Waals surface area contributed by atoms with Crippen molar-refractivity contribution in [3.05, 3.63) is 18.0 Å². The molecule has 0 fully saturated rings. The molecule has 0 saturated carbocycles. The fraction of sp³-hybridized carbons (Fsp3) is 0.583. The van der Waals surface area contributed by atoms with Gasteiger partial charge in [0.25, 0.3) is 0 Å². The van der Waals surface area contributed by atoms with E-state index in [0.717, 1.165) is 0 Å². The molecule has 0 spiro atoms. The van der Waals surface area contributed by atoms with Gasteiger partial charge in [-0.15, -0.1) is 0 Å². The van der Waals surface area contributed by atoms with Crippen LogP contribution in [-0.2, 0) is 16.6 Å². The lowest BCUT2D eigenvalue weighted by Crippen LogP contribution is -2.45. The number of hydrogen-bond donors (Lipinski definition) is 3. The number of carboxylic acids is 1. The zero-order chi connectivity index (χ0) is 14.6. The molecule has 106 valence electrons. The highest BCUT2D eigenvalue weighted by atomic mass is 16.4. The summed E-state index contributed by atoms with van der Waals surface area (Å²) < 4.78 is 1.53. The Bertz CT molecular complexity index is 456. The second-order valence-corrected chi connectivity index (χ2v) is 4.95. The molecule has 1 rings (SSSR count). The summed E-state index contributed by atoms with van der Waals surface area (Å²) >= 11 is 0. The quantitative estimate of drug-likeness (QED) is 0.674. The van der Waals surface area contributed by atoms with Crippen molar-refractivity contribution in [2.45, 2.75) is 32.4 Å². The van der Waals surface area contributed by atoms with Crippen LogP contribution in [0.1, 0.15) is 31.9 Å². The SMILES string of the molecule is CC(C)C[C@@H](NC(=O)C(N)c1cnn(C)c1)C(=O)O. The van der Waals surface area contributed by atoms with Crippen LogP contribution in [0.15, 0.2) is 12.4 Å². The Hall–Kier alpha value is -1.89. The summed E-state index contributed by atoms with van der Waals surface area (Å²) in [6, 6.07) is -1.84. The summed E-state index contributed by atoms with van der Waals surface area (Å²) in [4.78, 5) is 23.0. The highest BCUT2D eigenvalue weighted by Gasteiger charge is 2.25. The van der Waals surface area contributed by atoms with Crippen LogP contribution >= 0.6 is 0 Å². The smallest absolute Gasteiger partial charge is 0.326 e. The lowest BCUT2D eigenvalue weighted by Gasteiger charge is -2.18. The maximum Gasteiger partial charge on any atom is 0.326 e. The van der Waals surface area contributed by atoms with Gasteiger partial charge in [-0.2, -0.15) is 5.10 Å². The number of nitrogens with one attached hydrogen (secondary N) is 1.